The van der Waals surface area contributed by atoms with E-state index in [1.165, 1.54) is 11.1 Å². The van der Waals surface area contributed by atoms with Crippen LogP contribution in [-0.2, 0) is 22.4 Å². The molecule has 0 saturated heterocycles. The molecule has 2 aromatic carbocycles. The van der Waals surface area contributed by atoms with Crippen LogP contribution in [0.5, 0.6) is 0 Å². The van der Waals surface area contributed by atoms with Crippen molar-refractivity contribution in [3.8, 4) is 0 Å². The maximum atomic E-state index is 12.1. The van der Waals surface area contributed by atoms with Gasteiger partial charge in [-0.05, 0) is 61.1 Å². The van der Waals surface area contributed by atoms with Crippen molar-refractivity contribution in [1.29, 1.82) is 0 Å². The van der Waals surface area contributed by atoms with Gasteiger partial charge in [-0.2, -0.15) is 0 Å². The first-order valence-electron chi connectivity index (χ1n) is 7.78. The lowest BCUT2D eigenvalue weighted by molar-refractivity contribution is -0.119. The Labute approximate surface area is 135 Å². The number of aryl methyl sites for hydroxylation is 3. The summed E-state index contributed by atoms with van der Waals surface area (Å²) in [6.07, 6.45) is 3.21. The van der Waals surface area contributed by atoms with Crippen LogP contribution in [0.1, 0.15) is 33.5 Å². The van der Waals surface area contributed by atoms with Crippen LogP contribution in [0.4, 0.5) is 5.69 Å². The first kappa shape index (κ1) is 15.3. The summed E-state index contributed by atoms with van der Waals surface area (Å²) in [6, 6.07) is 13.1. The highest BCUT2D eigenvalue weighted by Gasteiger charge is 2.15. The quantitative estimate of drug-likeness (QED) is 0.882. The van der Waals surface area contributed by atoms with E-state index in [2.05, 4.69) is 5.32 Å². The third-order valence-electron chi connectivity index (χ3n) is 4.09. The van der Waals surface area contributed by atoms with E-state index in [0.29, 0.717) is 5.56 Å². The topological polar surface area (TPSA) is 55.4 Å². The number of carbonyl (C=O) groups excluding carboxylic acids is 2. The zero-order chi connectivity index (χ0) is 16.2. The number of benzene rings is 2. The standard InChI is InChI=1S/C19H19NO3/c1-13-5-2-3-8-17(13)20-18(21)12-23-19(22)16-10-9-14-6-4-7-15(14)11-16/h2-3,5,8-11H,4,6-7,12H2,1H3,(H,20,21). The van der Waals surface area contributed by atoms with Gasteiger partial charge in [0.25, 0.3) is 5.91 Å². The first-order chi connectivity index (χ1) is 11.1. The molecule has 1 N–H and O–H groups in total. The van der Waals surface area contributed by atoms with E-state index >= 15 is 0 Å². The lowest BCUT2D eigenvalue weighted by atomic mass is 10.1. The van der Waals surface area contributed by atoms with Gasteiger partial charge in [-0.25, -0.2) is 4.79 Å². The average Bonchev–Trinajstić information content (AvgIpc) is 3.02. The fourth-order valence-corrected chi connectivity index (χ4v) is 2.81. The van der Waals surface area contributed by atoms with Gasteiger partial charge in [-0.3, -0.25) is 4.79 Å². The molecule has 0 spiro atoms. The third-order valence-corrected chi connectivity index (χ3v) is 4.09. The van der Waals surface area contributed by atoms with Gasteiger partial charge in [-0.1, -0.05) is 24.3 Å². The highest BCUT2D eigenvalue weighted by atomic mass is 16.5. The van der Waals surface area contributed by atoms with Gasteiger partial charge in [0.2, 0.25) is 0 Å². The number of nitrogens with one attached hydrogen (secondary N) is 1. The molecule has 0 bridgehead atoms. The van der Waals surface area contributed by atoms with Crippen molar-refractivity contribution >= 4 is 17.6 Å². The number of rotatable bonds is 4. The second-order valence-electron chi connectivity index (χ2n) is 5.78. The maximum absolute atomic E-state index is 12.1. The third kappa shape index (κ3) is 3.59. The number of amides is 1. The van der Waals surface area contributed by atoms with E-state index in [9.17, 15) is 9.59 Å². The van der Waals surface area contributed by atoms with Gasteiger partial charge in [0.15, 0.2) is 6.61 Å². The van der Waals surface area contributed by atoms with Crippen LogP contribution < -0.4 is 5.32 Å². The van der Waals surface area contributed by atoms with Crippen LogP contribution in [0.3, 0.4) is 0 Å². The fourth-order valence-electron chi connectivity index (χ4n) is 2.81. The Hall–Kier alpha value is -2.62. The summed E-state index contributed by atoms with van der Waals surface area (Å²) in [5.74, 6) is -0.798. The molecule has 3 rings (SSSR count). The molecule has 4 heteroatoms. The van der Waals surface area contributed by atoms with Crippen molar-refractivity contribution in [3.05, 3.63) is 64.7 Å². The molecule has 0 heterocycles. The highest BCUT2D eigenvalue weighted by molar-refractivity contribution is 5.96. The fraction of sp³-hybridized carbons (Fsp3) is 0.263. The molecule has 0 aromatic heterocycles. The number of anilines is 1. The predicted molar refractivity (Wildman–Crippen MR) is 88.6 cm³/mol. The van der Waals surface area contributed by atoms with Crippen LogP contribution in [-0.4, -0.2) is 18.5 Å². The smallest absolute Gasteiger partial charge is 0.338 e. The zero-order valence-corrected chi connectivity index (χ0v) is 13.1. The van der Waals surface area contributed by atoms with Gasteiger partial charge in [0.05, 0.1) is 5.56 Å². The summed E-state index contributed by atoms with van der Waals surface area (Å²) in [6.45, 7) is 1.62. The summed E-state index contributed by atoms with van der Waals surface area (Å²) in [7, 11) is 0. The molecule has 23 heavy (non-hydrogen) atoms. The second kappa shape index (κ2) is 6.65. The largest absolute Gasteiger partial charge is 0.452 e. The molecular weight excluding hydrogens is 290 g/mol. The minimum atomic E-state index is -0.459. The van der Waals surface area contributed by atoms with Crippen molar-refractivity contribution in [3.63, 3.8) is 0 Å². The Morgan fingerprint density at radius 2 is 1.87 bits per heavy atom. The Balaban J connectivity index is 1.56. The minimum Gasteiger partial charge on any atom is -0.452 e. The van der Waals surface area contributed by atoms with Gasteiger partial charge in [0, 0.05) is 5.69 Å². The summed E-state index contributed by atoms with van der Waals surface area (Å²) in [5, 5.41) is 2.74. The maximum Gasteiger partial charge on any atom is 0.338 e. The summed E-state index contributed by atoms with van der Waals surface area (Å²) in [4.78, 5) is 24.0. The molecule has 2 aromatic rings. The summed E-state index contributed by atoms with van der Waals surface area (Å²) >= 11 is 0. The predicted octanol–water partition coefficient (Wildman–Crippen LogP) is 3.28. The molecule has 0 fully saturated rings. The lowest BCUT2D eigenvalue weighted by Crippen LogP contribution is -2.21. The number of ether oxygens (including phenoxy) is 1. The molecular formula is C19H19NO3. The van der Waals surface area contributed by atoms with Gasteiger partial charge in [-0.15, -0.1) is 0 Å². The van der Waals surface area contributed by atoms with Crippen molar-refractivity contribution in [2.45, 2.75) is 26.2 Å². The molecule has 1 amide bonds. The van der Waals surface area contributed by atoms with Crippen LogP contribution >= 0.6 is 0 Å². The van der Waals surface area contributed by atoms with E-state index in [1.807, 2.05) is 43.3 Å². The van der Waals surface area contributed by atoms with Gasteiger partial charge in [0.1, 0.15) is 0 Å². The Morgan fingerprint density at radius 1 is 1.09 bits per heavy atom. The molecule has 4 nitrogen and oxygen atoms in total. The molecule has 0 radical (unpaired) electrons. The number of esters is 1. The van der Waals surface area contributed by atoms with Crippen LogP contribution in [0.2, 0.25) is 0 Å². The van der Waals surface area contributed by atoms with E-state index in [4.69, 9.17) is 4.74 Å². The second-order valence-corrected chi connectivity index (χ2v) is 5.78. The van der Waals surface area contributed by atoms with Gasteiger partial charge < -0.3 is 10.1 Å². The molecule has 1 aliphatic carbocycles. The summed E-state index contributed by atoms with van der Waals surface area (Å²) < 4.78 is 5.11. The Kier molecular flexibility index (Phi) is 4.42. The highest BCUT2D eigenvalue weighted by Crippen LogP contribution is 2.23. The normalized spacial score (nSPS) is 12.6. The number of para-hydroxylation sites is 1. The molecule has 0 aliphatic heterocycles. The van der Waals surface area contributed by atoms with Crippen molar-refractivity contribution in [1.82, 2.24) is 0 Å². The van der Waals surface area contributed by atoms with E-state index in [1.54, 1.807) is 6.07 Å². The minimum absolute atomic E-state index is 0.287. The van der Waals surface area contributed by atoms with Gasteiger partial charge >= 0.3 is 5.97 Å². The molecule has 1 aliphatic rings. The number of fused-ring (bicyclic) bond motifs is 1. The van der Waals surface area contributed by atoms with Crippen LogP contribution in [0, 0.1) is 6.92 Å². The number of carbonyl (C=O) groups is 2. The van der Waals surface area contributed by atoms with E-state index in [0.717, 1.165) is 30.5 Å². The van der Waals surface area contributed by atoms with Crippen molar-refractivity contribution in [2.75, 3.05) is 11.9 Å². The molecule has 0 saturated carbocycles. The first-order valence-corrected chi connectivity index (χ1v) is 7.78. The summed E-state index contributed by atoms with van der Waals surface area (Å²) in [5.41, 5.74) is 4.72. The Bertz CT molecular complexity index is 752. The van der Waals surface area contributed by atoms with Crippen LogP contribution in [0.25, 0.3) is 0 Å². The van der Waals surface area contributed by atoms with Crippen molar-refractivity contribution in [2.24, 2.45) is 0 Å². The monoisotopic (exact) mass is 309 g/mol. The molecule has 0 unspecified atom stereocenters. The number of hydrogen-bond donors (Lipinski definition) is 1. The SMILES string of the molecule is Cc1ccccc1NC(=O)COC(=O)c1ccc2c(c1)CCC2. The Morgan fingerprint density at radius 3 is 2.70 bits per heavy atom. The zero-order valence-electron chi connectivity index (χ0n) is 13.1. The average molecular weight is 309 g/mol. The van der Waals surface area contributed by atoms with Crippen molar-refractivity contribution < 1.29 is 14.3 Å². The van der Waals surface area contributed by atoms with Crippen LogP contribution in [0.15, 0.2) is 42.5 Å². The molecule has 118 valence electrons. The number of hydrogen-bond acceptors (Lipinski definition) is 3. The molecule has 0 atom stereocenters. The van der Waals surface area contributed by atoms with E-state index in [-0.39, 0.29) is 12.5 Å². The lowest BCUT2D eigenvalue weighted by Gasteiger charge is -2.09. The van der Waals surface area contributed by atoms with E-state index < -0.39 is 5.97 Å².